The van der Waals surface area contributed by atoms with Gasteiger partial charge in [-0.1, -0.05) is 0 Å². The first-order valence-corrected chi connectivity index (χ1v) is 6.36. The normalized spacial score (nSPS) is 10.1. The molecule has 0 radical (unpaired) electrons. The van der Waals surface area contributed by atoms with Crippen LogP contribution < -0.4 is 10.6 Å². The van der Waals surface area contributed by atoms with Crippen LogP contribution in [-0.4, -0.2) is 27.2 Å². The molecule has 0 unspecified atom stereocenters. The van der Waals surface area contributed by atoms with Crippen molar-refractivity contribution in [2.45, 2.75) is 6.92 Å². The van der Waals surface area contributed by atoms with E-state index in [4.69, 9.17) is 0 Å². The second-order valence-corrected chi connectivity index (χ2v) is 4.59. The fourth-order valence-electron chi connectivity index (χ4n) is 1.55. The van der Waals surface area contributed by atoms with E-state index in [0.29, 0.717) is 16.6 Å². The minimum Gasteiger partial charge on any atom is -0.383 e. The maximum atomic E-state index is 12.0. The van der Waals surface area contributed by atoms with Gasteiger partial charge in [0.2, 0.25) is 5.13 Å². The second-order valence-electron chi connectivity index (χ2n) is 3.84. The van der Waals surface area contributed by atoms with Crippen molar-refractivity contribution in [1.29, 1.82) is 0 Å². The number of aryl methyl sites for hydroxylation is 1. The van der Waals surface area contributed by atoms with Gasteiger partial charge in [-0.2, -0.15) is 4.37 Å². The molecular formula is C11H11N5O3S. The molecule has 0 aliphatic carbocycles. The summed E-state index contributed by atoms with van der Waals surface area (Å²) < 4.78 is 3.93. The van der Waals surface area contributed by atoms with Crippen molar-refractivity contribution in [3.05, 3.63) is 39.7 Å². The Hall–Kier alpha value is -2.55. The number of nitrogens with one attached hydrogen (secondary N) is 2. The molecule has 2 N–H and O–H groups in total. The SMILES string of the molecule is CNc1ccc(C(=O)Nc2nc(C)ns2)cc1[N+](=O)[O-]. The number of nitro benzene ring substituents is 1. The average Bonchev–Trinajstić information content (AvgIpc) is 2.83. The van der Waals surface area contributed by atoms with Crippen molar-refractivity contribution in [3.63, 3.8) is 0 Å². The van der Waals surface area contributed by atoms with Gasteiger partial charge in [0.15, 0.2) is 0 Å². The van der Waals surface area contributed by atoms with Gasteiger partial charge in [0.05, 0.1) is 4.92 Å². The molecule has 1 heterocycles. The fourth-order valence-corrected chi connectivity index (χ4v) is 2.12. The zero-order valence-corrected chi connectivity index (χ0v) is 11.5. The quantitative estimate of drug-likeness (QED) is 0.659. The van der Waals surface area contributed by atoms with E-state index in [1.807, 2.05) is 0 Å². The lowest BCUT2D eigenvalue weighted by Crippen LogP contribution is -2.12. The maximum absolute atomic E-state index is 12.0. The van der Waals surface area contributed by atoms with Gasteiger partial charge >= 0.3 is 0 Å². The molecule has 20 heavy (non-hydrogen) atoms. The molecule has 0 spiro atoms. The Bertz CT molecular complexity index is 670. The first-order valence-electron chi connectivity index (χ1n) is 5.59. The molecule has 0 aliphatic rings. The van der Waals surface area contributed by atoms with Gasteiger partial charge in [-0.05, 0) is 19.1 Å². The van der Waals surface area contributed by atoms with Crippen molar-refractivity contribution in [2.75, 3.05) is 17.7 Å². The minimum atomic E-state index is -0.544. The van der Waals surface area contributed by atoms with Crippen molar-refractivity contribution in [3.8, 4) is 0 Å². The Labute approximate surface area is 118 Å². The predicted octanol–water partition coefficient (Wildman–Crippen LogP) is 2.05. The smallest absolute Gasteiger partial charge is 0.293 e. The van der Waals surface area contributed by atoms with Gasteiger partial charge in [0.1, 0.15) is 11.5 Å². The average molecular weight is 293 g/mol. The molecule has 0 aliphatic heterocycles. The number of carbonyl (C=O) groups excluding carboxylic acids is 1. The highest BCUT2D eigenvalue weighted by Gasteiger charge is 2.17. The Morgan fingerprint density at radius 3 is 2.75 bits per heavy atom. The summed E-state index contributed by atoms with van der Waals surface area (Å²) in [6.07, 6.45) is 0. The van der Waals surface area contributed by atoms with E-state index in [-0.39, 0.29) is 11.3 Å². The van der Waals surface area contributed by atoms with Gasteiger partial charge < -0.3 is 5.32 Å². The van der Waals surface area contributed by atoms with Crippen LogP contribution >= 0.6 is 11.5 Å². The van der Waals surface area contributed by atoms with Crippen LogP contribution in [0.2, 0.25) is 0 Å². The Morgan fingerprint density at radius 2 is 2.20 bits per heavy atom. The number of anilines is 2. The number of carbonyl (C=O) groups is 1. The van der Waals surface area contributed by atoms with Crippen molar-refractivity contribution >= 4 is 33.9 Å². The van der Waals surface area contributed by atoms with Crippen molar-refractivity contribution in [1.82, 2.24) is 9.36 Å². The van der Waals surface area contributed by atoms with E-state index in [1.165, 1.54) is 18.2 Å². The molecule has 1 aromatic heterocycles. The number of hydrogen-bond acceptors (Lipinski definition) is 7. The highest BCUT2D eigenvalue weighted by Crippen LogP contribution is 2.25. The molecule has 2 rings (SSSR count). The molecule has 0 bridgehead atoms. The number of rotatable bonds is 4. The fraction of sp³-hybridized carbons (Fsp3) is 0.182. The van der Waals surface area contributed by atoms with Gasteiger partial charge in [-0.15, -0.1) is 0 Å². The summed E-state index contributed by atoms with van der Waals surface area (Å²) in [5, 5.41) is 16.5. The molecule has 0 atom stereocenters. The lowest BCUT2D eigenvalue weighted by atomic mass is 10.1. The van der Waals surface area contributed by atoms with E-state index in [2.05, 4.69) is 20.0 Å². The number of amides is 1. The van der Waals surface area contributed by atoms with Crippen LogP contribution in [0.5, 0.6) is 0 Å². The molecule has 104 valence electrons. The summed E-state index contributed by atoms with van der Waals surface area (Å²) in [6.45, 7) is 1.71. The van der Waals surface area contributed by atoms with Gasteiger partial charge in [0.25, 0.3) is 11.6 Å². The Balaban J connectivity index is 2.26. The zero-order chi connectivity index (χ0) is 14.7. The molecule has 9 heteroatoms. The summed E-state index contributed by atoms with van der Waals surface area (Å²) in [7, 11) is 1.58. The molecule has 1 amide bonds. The van der Waals surface area contributed by atoms with Crippen LogP contribution in [0, 0.1) is 17.0 Å². The number of aromatic nitrogens is 2. The third-order valence-electron chi connectivity index (χ3n) is 2.47. The van der Waals surface area contributed by atoms with Gasteiger partial charge in [0, 0.05) is 30.2 Å². The largest absolute Gasteiger partial charge is 0.383 e. The van der Waals surface area contributed by atoms with Crippen molar-refractivity contribution in [2.24, 2.45) is 0 Å². The summed E-state index contributed by atoms with van der Waals surface area (Å²) in [6, 6.07) is 4.20. The third kappa shape index (κ3) is 2.88. The summed E-state index contributed by atoms with van der Waals surface area (Å²) in [5.41, 5.74) is 0.371. The molecular weight excluding hydrogens is 282 g/mol. The first kappa shape index (κ1) is 13.9. The van der Waals surface area contributed by atoms with Crippen LogP contribution in [-0.2, 0) is 0 Å². The van der Waals surface area contributed by atoms with E-state index >= 15 is 0 Å². The summed E-state index contributed by atoms with van der Waals surface area (Å²) >= 11 is 1.05. The molecule has 8 nitrogen and oxygen atoms in total. The maximum Gasteiger partial charge on any atom is 0.293 e. The molecule has 0 saturated heterocycles. The highest BCUT2D eigenvalue weighted by atomic mass is 32.1. The summed E-state index contributed by atoms with van der Waals surface area (Å²) in [4.78, 5) is 26.4. The van der Waals surface area contributed by atoms with E-state index in [9.17, 15) is 14.9 Å². The van der Waals surface area contributed by atoms with Crippen LogP contribution in [0.15, 0.2) is 18.2 Å². The van der Waals surface area contributed by atoms with Crippen molar-refractivity contribution < 1.29 is 9.72 Å². The Kier molecular flexibility index (Phi) is 3.89. The number of hydrogen-bond donors (Lipinski definition) is 2. The van der Waals surface area contributed by atoms with Crippen LogP contribution in [0.3, 0.4) is 0 Å². The minimum absolute atomic E-state index is 0.159. The number of nitro groups is 1. The lowest BCUT2D eigenvalue weighted by molar-refractivity contribution is -0.384. The second kappa shape index (κ2) is 5.61. The standard InChI is InChI=1S/C11H11N5O3S/c1-6-13-11(20-15-6)14-10(17)7-3-4-8(12-2)9(5-7)16(18)19/h3-5,12H,1-2H3,(H,13,14,15,17). The first-order chi connectivity index (χ1) is 9.51. The molecule has 2 aromatic rings. The Morgan fingerprint density at radius 1 is 1.45 bits per heavy atom. The van der Waals surface area contributed by atoms with E-state index in [0.717, 1.165) is 11.5 Å². The topological polar surface area (TPSA) is 110 Å². The van der Waals surface area contributed by atoms with E-state index < -0.39 is 10.8 Å². The zero-order valence-electron chi connectivity index (χ0n) is 10.7. The third-order valence-corrected chi connectivity index (χ3v) is 3.20. The number of benzene rings is 1. The molecule has 0 saturated carbocycles. The van der Waals surface area contributed by atoms with Crippen LogP contribution in [0.4, 0.5) is 16.5 Å². The summed E-state index contributed by atoms with van der Waals surface area (Å²) in [5.74, 6) is 0.0914. The van der Waals surface area contributed by atoms with Crippen LogP contribution in [0.1, 0.15) is 16.2 Å². The number of nitrogens with zero attached hydrogens (tertiary/aromatic N) is 3. The highest BCUT2D eigenvalue weighted by molar-refractivity contribution is 7.09. The monoisotopic (exact) mass is 293 g/mol. The predicted molar refractivity (Wildman–Crippen MR) is 75.2 cm³/mol. The van der Waals surface area contributed by atoms with E-state index in [1.54, 1.807) is 14.0 Å². The van der Waals surface area contributed by atoms with Crippen LogP contribution in [0.25, 0.3) is 0 Å². The van der Waals surface area contributed by atoms with Gasteiger partial charge in [-0.3, -0.25) is 20.2 Å². The molecule has 1 aromatic carbocycles. The van der Waals surface area contributed by atoms with Gasteiger partial charge in [-0.25, -0.2) is 4.98 Å². The lowest BCUT2D eigenvalue weighted by Gasteiger charge is -2.05. The molecule has 0 fully saturated rings.